The Bertz CT molecular complexity index is 1090. The molecule has 0 saturated heterocycles. The molecule has 4 aromatic rings. The minimum Gasteiger partial charge on any atom is -0.250 e. The van der Waals surface area contributed by atoms with Crippen molar-refractivity contribution < 1.29 is 0 Å². The molecule has 3 nitrogen and oxygen atoms in total. The topological polar surface area (TPSA) is 38.7 Å². The van der Waals surface area contributed by atoms with Crippen molar-refractivity contribution in [3.8, 4) is 11.3 Å². The Morgan fingerprint density at radius 2 is 1.62 bits per heavy atom. The summed E-state index contributed by atoms with van der Waals surface area (Å²) in [5.41, 5.74) is 5.05. The second kappa shape index (κ2) is 6.54. The summed E-state index contributed by atoms with van der Waals surface area (Å²) < 4.78 is 0. The van der Waals surface area contributed by atoms with Crippen LogP contribution >= 0.6 is 11.8 Å². The van der Waals surface area contributed by atoms with Crippen molar-refractivity contribution >= 4 is 22.5 Å². The second-order valence-electron chi connectivity index (χ2n) is 6.51. The Balaban J connectivity index is 1.63. The first-order chi connectivity index (χ1) is 12.9. The number of aryl methyl sites for hydroxylation is 2. The zero-order valence-corrected chi connectivity index (χ0v) is 15.0. The van der Waals surface area contributed by atoms with E-state index in [0.717, 1.165) is 32.1 Å². The first-order valence-corrected chi connectivity index (χ1v) is 9.66. The van der Waals surface area contributed by atoms with E-state index in [9.17, 15) is 0 Å². The van der Waals surface area contributed by atoms with E-state index in [2.05, 4.69) is 57.6 Å². The number of nitrogens with zero attached hydrogens (tertiary/aromatic N) is 3. The maximum absolute atomic E-state index is 4.60. The summed E-state index contributed by atoms with van der Waals surface area (Å²) in [6, 6.07) is 21.0. The molecular formula is C22H17N3S. The van der Waals surface area contributed by atoms with Crippen molar-refractivity contribution in [1.82, 2.24) is 15.2 Å². The van der Waals surface area contributed by atoms with Gasteiger partial charge in [-0.05, 0) is 60.4 Å². The molecule has 2 heterocycles. The van der Waals surface area contributed by atoms with Crippen molar-refractivity contribution in [3.63, 3.8) is 0 Å². The average molecular weight is 355 g/mol. The Morgan fingerprint density at radius 3 is 2.50 bits per heavy atom. The lowest BCUT2D eigenvalue weighted by Gasteiger charge is -2.10. The van der Waals surface area contributed by atoms with Crippen LogP contribution in [-0.2, 0) is 12.8 Å². The van der Waals surface area contributed by atoms with Gasteiger partial charge < -0.3 is 0 Å². The predicted octanol–water partition coefficient (Wildman–Crippen LogP) is 5.33. The van der Waals surface area contributed by atoms with E-state index in [1.165, 1.54) is 30.4 Å². The highest BCUT2D eigenvalue weighted by Gasteiger charge is 2.15. The summed E-state index contributed by atoms with van der Waals surface area (Å²) in [6.07, 6.45) is 5.42. The molecule has 5 rings (SSSR count). The zero-order chi connectivity index (χ0) is 17.3. The fourth-order valence-corrected chi connectivity index (χ4v) is 4.42. The molecule has 0 bridgehead atoms. The quantitative estimate of drug-likeness (QED) is 0.498. The number of aromatic nitrogens is 3. The van der Waals surface area contributed by atoms with Gasteiger partial charge in [0, 0.05) is 22.5 Å². The van der Waals surface area contributed by atoms with Crippen LogP contribution < -0.4 is 0 Å². The number of hydrogen-bond acceptors (Lipinski definition) is 4. The second-order valence-corrected chi connectivity index (χ2v) is 7.52. The van der Waals surface area contributed by atoms with Gasteiger partial charge >= 0.3 is 0 Å². The molecule has 0 aliphatic heterocycles. The van der Waals surface area contributed by atoms with Crippen LogP contribution in [0.5, 0.6) is 0 Å². The molecule has 0 saturated carbocycles. The van der Waals surface area contributed by atoms with E-state index in [4.69, 9.17) is 0 Å². The third kappa shape index (κ3) is 2.76. The zero-order valence-electron chi connectivity index (χ0n) is 14.2. The lowest BCUT2D eigenvalue weighted by atomic mass is 10.0. The van der Waals surface area contributed by atoms with Gasteiger partial charge in [-0.15, -0.1) is 10.2 Å². The Kier molecular flexibility index (Phi) is 3.91. The van der Waals surface area contributed by atoms with E-state index in [-0.39, 0.29) is 0 Å². The minimum absolute atomic E-state index is 0.893. The third-order valence-electron chi connectivity index (χ3n) is 4.86. The Morgan fingerprint density at radius 1 is 0.769 bits per heavy atom. The molecule has 0 unspecified atom stereocenters. The van der Waals surface area contributed by atoms with E-state index in [1.54, 1.807) is 18.0 Å². The largest absolute Gasteiger partial charge is 0.250 e. The van der Waals surface area contributed by atoms with Gasteiger partial charge in [-0.25, -0.2) is 4.98 Å². The van der Waals surface area contributed by atoms with Crippen LogP contribution in [0.3, 0.4) is 0 Å². The Hall–Kier alpha value is -2.72. The Labute approximate surface area is 156 Å². The van der Waals surface area contributed by atoms with Crippen LogP contribution in [0.25, 0.3) is 22.0 Å². The first-order valence-electron chi connectivity index (χ1n) is 8.85. The molecule has 0 atom stereocenters. The first kappa shape index (κ1) is 15.5. The summed E-state index contributed by atoms with van der Waals surface area (Å²) in [5.74, 6) is 0. The molecular weight excluding hydrogens is 338 g/mol. The summed E-state index contributed by atoms with van der Waals surface area (Å²) in [6.45, 7) is 0. The summed E-state index contributed by atoms with van der Waals surface area (Å²) in [5, 5.41) is 13.2. The molecule has 26 heavy (non-hydrogen) atoms. The van der Waals surface area contributed by atoms with Crippen LogP contribution in [0.2, 0.25) is 0 Å². The van der Waals surface area contributed by atoms with Crippen LogP contribution in [0.4, 0.5) is 0 Å². The van der Waals surface area contributed by atoms with Crippen molar-refractivity contribution in [2.75, 3.05) is 0 Å². The maximum atomic E-state index is 4.60. The van der Waals surface area contributed by atoms with Gasteiger partial charge in [0.1, 0.15) is 15.7 Å². The van der Waals surface area contributed by atoms with Gasteiger partial charge in [0.2, 0.25) is 0 Å². The normalized spacial score (nSPS) is 13.1. The van der Waals surface area contributed by atoms with Gasteiger partial charge in [-0.1, -0.05) is 42.5 Å². The van der Waals surface area contributed by atoms with Gasteiger partial charge in [-0.2, -0.15) is 0 Å². The molecule has 0 radical (unpaired) electrons. The standard InChI is InChI=1S/C22H17N3S/c1-2-9-19-18(8-1)21(17-12-11-15-6-5-7-16(15)14-17)24-25-22(19)26-20-10-3-4-13-23-20/h1-4,8-14H,5-7H2. The van der Waals surface area contributed by atoms with Crippen LogP contribution in [0.15, 0.2) is 76.9 Å². The summed E-state index contributed by atoms with van der Waals surface area (Å²) >= 11 is 1.56. The number of hydrogen-bond donors (Lipinski definition) is 0. The molecule has 2 aromatic carbocycles. The van der Waals surface area contributed by atoms with E-state index in [1.807, 2.05) is 18.2 Å². The number of pyridine rings is 1. The van der Waals surface area contributed by atoms with E-state index >= 15 is 0 Å². The molecule has 126 valence electrons. The molecule has 0 fully saturated rings. The summed E-state index contributed by atoms with van der Waals surface area (Å²) in [7, 11) is 0. The van der Waals surface area contributed by atoms with Crippen LogP contribution in [0.1, 0.15) is 17.5 Å². The van der Waals surface area contributed by atoms with Gasteiger partial charge in [0.05, 0.1) is 0 Å². The van der Waals surface area contributed by atoms with Crippen LogP contribution in [-0.4, -0.2) is 15.2 Å². The van der Waals surface area contributed by atoms with Gasteiger partial charge in [-0.3, -0.25) is 0 Å². The molecule has 2 aromatic heterocycles. The highest BCUT2D eigenvalue weighted by atomic mass is 32.2. The predicted molar refractivity (Wildman–Crippen MR) is 105 cm³/mol. The smallest absolute Gasteiger partial charge is 0.133 e. The highest BCUT2D eigenvalue weighted by molar-refractivity contribution is 7.99. The minimum atomic E-state index is 0.893. The fourth-order valence-electron chi connectivity index (χ4n) is 3.59. The lowest BCUT2D eigenvalue weighted by molar-refractivity contribution is 0.911. The molecule has 1 aliphatic rings. The monoisotopic (exact) mass is 355 g/mol. The SMILES string of the molecule is c1ccc(Sc2nnc(-c3ccc4c(c3)CCC4)c3ccccc23)nc1. The highest BCUT2D eigenvalue weighted by Crippen LogP contribution is 2.35. The van der Waals surface area contributed by atoms with Crippen molar-refractivity contribution in [2.45, 2.75) is 29.3 Å². The average Bonchev–Trinajstić information content (AvgIpc) is 3.17. The van der Waals surface area contributed by atoms with Crippen molar-refractivity contribution in [1.29, 1.82) is 0 Å². The van der Waals surface area contributed by atoms with Crippen molar-refractivity contribution in [2.24, 2.45) is 0 Å². The van der Waals surface area contributed by atoms with Crippen LogP contribution in [0, 0.1) is 0 Å². The number of fused-ring (bicyclic) bond motifs is 2. The van der Waals surface area contributed by atoms with Gasteiger partial charge in [0.25, 0.3) is 0 Å². The van der Waals surface area contributed by atoms with Crippen molar-refractivity contribution in [3.05, 3.63) is 78.0 Å². The lowest BCUT2D eigenvalue weighted by Crippen LogP contribution is -1.95. The molecule has 0 amide bonds. The van der Waals surface area contributed by atoms with Gasteiger partial charge in [0.15, 0.2) is 0 Å². The third-order valence-corrected chi connectivity index (χ3v) is 5.81. The fraction of sp³-hybridized carbons (Fsp3) is 0.136. The molecule has 1 aliphatic carbocycles. The number of benzene rings is 2. The number of rotatable bonds is 3. The molecule has 0 N–H and O–H groups in total. The summed E-state index contributed by atoms with van der Waals surface area (Å²) in [4.78, 5) is 4.40. The molecule has 0 spiro atoms. The maximum Gasteiger partial charge on any atom is 0.133 e. The molecule has 4 heteroatoms. The van der Waals surface area contributed by atoms with E-state index in [0.29, 0.717) is 0 Å². The van der Waals surface area contributed by atoms with E-state index < -0.39 is 0 Å².